The van der Waals surface area contributed by atoms with Gasteiger partial charge in [0.1, 0.15) is 0 Å². The van der Waals surface area contributed by atoms with E-state index in [1.165, 1.54) is 35.6 Å². The standard InChI is InChI=1S/C22H28N4O5S2/c1-3-31-22(28)25-13-11-18-19(14-25)32-21(23-18)24-20(27)16-7-9-17(10-8-16)33(29,30)26-12-5-4-6-15(26)2/h7-10,15H,3-6,11-14H2,1-2H3,(H,23,24,27). The van der Waals surface area contributed by atoms with Gasteiger partial charge in [-0.15, -0.1) is 0 Å². The maximum atomic E-state index is 13.0. The smallest absolute Gasteiger partial charge is 0.410 e. The van der Waals surface area contributed by atoms with Crippen LogP contribution in [-0.2, 0) is 27.7 Å². The first-order valence-electron chi connectivity index (χ1n) is 11.1. The van der Waals surface area contributed by atoms with Crippen LogP contribution in [0.3, 0.4) is 0 Å². The number of hydrogen-bond donors (Lipinski definition) is 1. The molecule has 9 nitrogen and oxygen atoms in total. The van der Waals surface area contributed by atoms with Gasteiger partial charge in [-0.25, -0.2) is 18.2 Å². The molecular formula is C22H28N4O5S2. The number of rotatable bonds is 5. The molecule has 2 aliphatic rings. The Morgan fingerprint density at radius 2 is 1.97 bits per heavy atom. The van der Waals surface area contributed by atoms with E-state index in [1.54, 1.807) is 16.1 Å². The predicted molar refractivity (Wildman–Crippen MR) is 125 cm³/mol. The van der Waals surface area contributed by atoms with Crippen molar-refractivity contribution in [2.45, 2.75) is 57.0 Å². The number of anilines is 1. The fourth-order valence-electron chi connectivity index (χ4n) is 4.13. The van der Waals surface area contributed by atoms with Crippen molar-refractivity contribution in [3.63, 3.8) is 0 Å². The first kappa shape index (κ1) is 23.7. The van der Waals surface area contributed by atoms with Gasteiger partial charge in [0.2, 0.25) is 10.0 Å². The highest BCUT2D eigenvalue weighted by Gasteiger charge is 2.31. The molecule has 2 aliphatic heterocycles. The summed E-state index contributed by atoms with van der Waals surface area (Å²) < 4.78 is 32.6. The minimum atomic E-state index is -3.58. The van der Waals surface area contributed by atoms with Gasteiger partial charge in [0.15, 0.2) is 5.13 Å². The SMILES string of the molecule is CCOC(=O)N1CCc2nc(NC(=O)c3ccc(S(=O)(=O)N4CCCCC4C)cc3)sc2C1. The number of carbonyl (C=O) groups excluding carboxylic acids is 2. The van der Waals surface area contributed by atoms with Crippen molar-refractivity contribution in [1.29, 1.82) is 0 Å². The Labute approximate surface area is 197 Å². The summed E-state index contributed by atoms with van der Waals surface area (Å²) in [5, 5.41) is 3.24. The molecule has 0 spiro atoms. The average Bonchev–Trinajstić information content (AvgIpc) is 3.21. The van der Waals surface area contributed by atoms with Gasteiger partial charge in [-0.1, -0.05) is 17.8 Å². The van der Waals surface area contributed by atoms with E-state index in [1.807, 2.05) is 6.92 Å². The molecular weight excluding hydrogens is 464 g/mol. The van der Waals surface area contributed by atoms with Crippen molar-refractivity contribution < 1.29 is 22.7 Å². The number of piperidine rings is 1. The van der Waals surface area contributed by atoms with Crippen LogP contribution in [0.1, 0.15) is 54.0 Å². The molecule has 0 radical (unpaired) electrons. The van der Waals surface area contributed by atoms with E-state index in [0.29, 0.717) is 43.4 Å². The Hall–Kier alpha value is -2.50. The summed E-state index contributed by atoms with van der Waals surface area (Å²) >= 11 is 1.33. The molecule has 3 heterocycles. The van der Waals surface area contributed by atoms with E-state index in [9.17, 15) is 18.0 Å². The lowest BCUT2D eigenvalue weighted by Gasteiger charge is -2.32. The monoisotopic (exact) mass is 492 g/mol. The van der Waals surface area contributed by atoms with E-state index in [-0.39, 0.29) is 22.9 Å². The predicted octanol–water partition coefficient (Wildman–Crippen LogP) is 3.47. The van der Waals surface area contributed by atoms with Crippen LogP contribution >= 0.6 is 11.3 Å². The van der Waals surface area contributed by atoms with Gasteiger partial charge in [-0.2, -0.15) is 4.31 Å². The van der Waals surface area contributed by atoms with Crippen LogP contribution in [-0.4, -0.2) is 60.3 Å². The lowest BCUT2D eigenvalue weighted by Crippen LogP contribution is -2.41. The van der Waals surface area contributed by atoms with Crippen molar-refractivity contribution in [3.05, 3.63) is 40.4 Å². The van der Waals surface area contributed by atoms with Crippen molar-refractivity contribution in [2.24, 2.45) is 0 Å². The van der Waals surface area contributed by atoms with E-state index in [2.05, 4.69) is 10.3 Å². The molecule has 178 valence electrons. The number of nitrogens with one attached hydrogen (secondary N) is 1. The Bertz CT molecular complexity index is 1130. The maximum absolute atomic E-state index is 13.0. The zero-order valence-electron chi connectivity index (χ0n) is 18.7. The molecule has 1 unspecified atom stereocenters. The highest BCUT2D eigenvalue weighted by molar-refractivity contribution is 7.89. The average molecular weight is 493 g/mol. The summed E-state index contributed by atoms with van der Waals surface area (Å²) in [4.78, 5) is 31.9. The van der Waals surface area contributed by atoms with Gasteiger partial charge in [0.25, 0.3) is 5.91 Å². The molecule has 1 N–H and O–H groups in total. The van der Waals surface area contributed by atoms with Crippen molar-refractivity contribution in [3.8, 4) is 0 Å². The van der Waals surface area contributed by atoms with Gasteiger partial charge in [-0.3, -0.25) is 10.1 Å². The number of hydrogen-bond acceptors (Lipinski definition) is 7. The fraction of sp³-hybridized carbons (Fsp3) is 0.500. The minimum absolute atomic E-state index is 0.0255. The second kappa shape index (κ2) is 9.78. The highest BCUT2D eigenvalue weighted by atomic mass is 32.2. The van der Waals surface area contributed by atoms with Gasteiger partial charge in [0.05, 0.1) is 23.7 Å². The summed E-state index contributed by atoms with van der Waals surface area (Å²) in [6, 6.07) is 5.98. The number of sulfonamides is 1. The molecule has 0 saturated carbocycles. The molecule has 33 heavy (non-hydrogen) atoms. The molecule has 1 aromatic heterocycles. The Morgan fingerprint density at radius 1 is 1.21 bits per heavy atom. The van der Waals surface area contributed by atoms with Crippen molar-refractivity contribution in [2.75, 3.05) is 25.0 Å². The molecule has 4 rings (SSSR count). The third kappa shape index (κ3) is 5.04. The van der Waals surface area contributed by atoms with Crippen molar-refractivity contribution in [1.82, 2.24) is 14.2 Å². The van der Waals surface area contributed by atoms with Crippen LogP contribution in [0.5, 0.6) is 0 Å². The Kier molecular flexibility index (Phi) is 7.01. The lowest BCUT2D eigenvalue weighted by molar-refractivity contribution is 0.102. The molecule has 1 atom stereocenters. The van der Waals surface area contributed by atoms with E-state index in [0.717, 1.165) is 29.8 Å². The summed E-state index contributed by atoms with van der Waals surface area (Å²) in [6.45, 7) is 5.47. The zero-order valence-corrected chi connectivity index (χ0v) is 20.4. The number of nitrogens with zero attached hydrogens (tertiary/aromatic N) is 3. The molecule has 1 saturated heterocycles. The topological polar surface area (TPSA) is 109 Å². The number of ether oxygens (including phenoxy) is 1. The third-order valence-electron chi connectivity index (χ3n) is 5.94. The first-order valence-corrected chi connectivity index (χ1v) is 13.4. The largest absolute Gasteiger partial charge is 0.450 e. The molecule has 1 aromatic carbocycles. The molecule has 1 fully saturated rings. The minimum Gasteiger partial charge on any atom is -0.450 e. The molecule has 0 bridgehead atoms. The number of aromatic nitrogens is 1. The fourth-order valence-corrected chi connectivity index (χ4v) is 6.85. The Balaban J connectivity index is 1.42. The van der Waals surface area contributed by atoms with Crippen LogP contribution in [0, 0.1) is 0 Å². The Morgan fingerprint density at radius 3 is 2.67 bits per heavy atom. The zero-order chi connectivity index (χ0) is 23.6. The second-order valence-corrected chi connectivity index (χ2v) is 11.2. The normalized spacial score (nSPS) is 19.1. The van der Waals surface area contributed by atoms with Gasteiger partial charge in [-0.05, 0) is 51.0 Å². The maximum Gasteiger partial charge on any atom is 0.410 e. The summed E-state index contributed by atoms with van der Waals surface area (Å²) in [5.41, 5.74) is 1.22. The number of carbonyl (C=O) groups is 2. The van der Waals surface area contributed by atoms with Crippen molar-refractivity contribution >= 4 is 38.5 Å². The molecule has 11 heteroatoms. The van der Waals surface area contributed by atoms with Crippen LogP contribution < -0.4 is 5.32 Å². The van der Waals surface area contributed by atoms with Crippen LogP contribution in [0.2, 0.25) is 0 Å². The summed E-state index contributed by atoms with van der Waals surface area (Å²) in [6.07, 6.45) is 3.00. The number of fused-ring (bicyclic) bond motifs is 1. The van der Waals surface area contributed by atoms with Gasteiger partial charge < -0.3 is 9.64 Å². The number of amides is 2. The molecule has 2 aromatic rings. The van der Waals surface area contributed by atoms with E-state index < -0.39 is 10.0 Å². The van der Waals surface area contributed by atoms with Crippen LogP contribution in [0.4, 0.5) is 9.93 Å². The van der Waals surface area contributed by atoms with Crippen LogP contribution in [0.15, 0.2) is 29.2 Å². The third-order valence-corrected chi connectivity index (χ3v) is 8.97. The van der Waals surface area contributed by atoms with Gasteiger partial charge >= 0.3 is 6.09 Å². The lowest BCUT2D eigenvalue weighted by atomic mass is 10.1. The first-order chi connectivity index (χ1) is 15.8. The summed E-state index contributed by atoms with van der Waals surface area (Å²) in [5.74, 6) is -0.362. The number of thiazole rings is 1. The highest BCUT2D eigenvalue weighted by Crippen LogP contribution is 2.29. The van der Waals surface area contributed by atoms with E-state index in [4.69, 9.17) is 4.74 Å². The second-order valence-electron chi connectivity index (χ2n) is 8.20. The van der Waals surface area contributed by atoms with Crippen LogP contribution in [0.25, 0.3) is 0 Å². The number of benzene rings is 1. The molecule has 0 aliphatic carbocycles. The molecule has 2 amide bonds. The quantitative estimate of drug-likeness (QED) is 0.685. The van der Waals surface area contributed by atoms with Gasteiger partial charge in [0, 0.05) is 36.0 Å². The van der Waals surface area contributed by atoms with E-state index >= 15 is 0 Å². The summed E-state index contributed by atoms with van der Waals surface area (Å²) in [7, 11) is -3.58.